The first-order valence-electron chi connectivity index (χ1n) is 12.5. The van der Waals surface area contributed by atoms with Crippen LogP contribution in [0.2, 0.25) is 5.02 Å². The Morgan fingerprint density at radius 1 is 1.07 bits per heavy atom. The Bertz CT molecular complexity index is 1720. The largest absolute Gasteiger partial charge is 0.497 e. The van der Waals surface area contributed by atoms with Crippen molar-refractivity contribution in [3.8, 4) is 5.75 Å². The number of rotatable bonds is 9. The van der Waals surface area contributed by atoms with Crippen molar-refractivity contribution in [2.75, 3.05) is 29.8 Å². The van der Waals surface area contributed by atoms with Crippen LogP contribution in [0.5, 0.6) is 5.75 Å². The SMILES string of the molecule is CC[C@@H](Nc1c(Nc2ccc(Cl)c3c2C(=O)N(c2cc(OC)ccc2C(=O)OC)C3)c(=O)c1=O)c1ccc(C)o1. The van der Waals surface area contributed by atoms with Gasteiger partial charge in [0.05, 0.1) is 49.3 Å². The minimum absolute atomic E-state index is 0.0409. The first kappa shape index (κ1) is 27.0. The van der Waals surface area contributed by atoms with Crippen LogP contribution in [0.1, 0.15) is 57.2 Å². The number of benzene rings is 2. The molecule has 3 aromatic carbocycles. The number of furan rings is 1. The van der Waals surface area contributed by atoms with E-state index >= 15 is 0 Å². The third-order valence-corrected chi connectivity index (χ3v) is 7.29. The van der Waals surface area contributed by atoms with E-state index in [-0.39, 0.29) is 40.8 Å². The van der Waals surface area contributed by atoms with E-state index < -0.39 is 22.7 Å². The van der Waals surface area contributed by atoms with Crippen LogP contribution in [-0.2, 0) is 11.3 Å². The lowest BCUT2D eigenvalue weighted by atomic mass is 10.1. The number of esters is 1. The number of hydrogen-bond acceptors (Lipinski definition) is 9. The molecule has 5 rings (SSSR count). The third-order valence-electron chi connectivity index (χ3n) is 6.93. The number of halogens is 1. The van der Waals surface area contributed by atoms with Crippen molar-refractivity contribution in [1.29, 1.82) is 0 Å². The fourth-order valence-corrected chi connectivity index (χ4v) is 5.02. The van der Waals surface area contributed by atoms with Crippen molar-refractivity contribution in [2.24, 2.45) is 0 Å². The lowest BCUT2D eigenvalue weighted by molar-refractivity contribution is 0.0601. The first-order valence-corrected chi connectivity index (χ1v) is 12.9. The molecule has 1 aromatic heterocycles. The van der Waals surface area contributed by atoms with Gasteiger partial charge in [-0.2, -0.15) is 0 Å². The summed E-state index contributed by atoms with van der Waals surface area (Å²) in [5, 5.41) is 6.44. The van der Waals surface area contributed by atoms with Crippen molar-refractivity contribution >= 4 is 46.2 Å². The highest BCUT2D eigenvalue weighted by molar-refractivity contribution is 6.33. The Labute approximate surface area is 234 Å². The van der Waals surface area contributed by atoms with Crippen molar-refractivity contribution in [2.45, 2.75) is 32.9 Å². The van der Waals surface area contributed by atoms with Crippen LogP contribution in [0, 0.1) is 6.92 Å². The smallest absolute Gasteiger partial charge is 0.339 e. The van der Waals surface area contributed by atoms with Crippen LogP contribution in [0.25, 0.3) is 0 Å². The molecule has 0 unspecified atom stereocenters. The number of carbonyl (C=O) groups excluding carboxylic acids is 2. The molecule has 206 valence electrons. The maximum Gasteiger partial charge on any atom is 0.339 e. The van der Waals surface area contributed by atoms with Crippen LogP contribution in [0.3, 0.4) is 0 Å². The quantitative estimate of drug-likeness (QED) is 0.211. The molecule has 1 amide bonds. The first-order chi connectivity index (χ1) is 19.2. The van der Waals surface area contributed by atoms with Gasteiger partial charge in [-0.3, -0.25) is 14.4 Å². The molecule has 0 spiro atoms. The number of carbonyl (C=O) groups is 2. The molecule has 0 aliphatic carbocycles. The minimum atomic E-state index is -0.709. The van der Waals surface area contributed by atoms with E-state index in [2.05, 4.69) is 10.6 Å². The number of aryl methyl sites for hydroxylation is 1. The molecule has 1 aliphatic rings. The Morgan fingerprint density at radius 2 is 1.82 bits per heavy atom. The molecule has 0 radical (unpaired) electrons. The van der Waals surface area contributed by atoms with E-state index in [1.807, 2.05) is 26.0 Å². The zero-order valence-corrected chi connectivity index (χ0v) is 23.0. The van der Waals surface area contributed by atoms with E-state index in [1.54, 1.807) is 24.3 Å². The van der Waals surface area contributed by atoms with Crippen LogP contribution in [0.4, 0.5) is 22.7 Å². The molecular weight excluding hydrogens is 538 g/mol. The standard InChI is InChI=1S/C29H26ClN3O7/c1-5-19(22-11-6-14(2)40-22)31-24-25(27(35)26(24)34)32-20-10-9-18(30)17-13-33(28(36)23(17)20)21-12-15(38-3)7-8-16(21)29(37)39-4/h6-12,19,31-32H,5,13H2,1-4H3/t19-/m1/s1. The summed E-state index contributed by atoms with van der Waals surface area (Å²) >= 11 is 6.49. The number of ether oxygens (including phenoxy) is 2. The van der Waals surface area contributed by atoms with Gasteiger partial charge in [-0.15, -0.1) is 0 Å². The van der Waals surface area contributed by atoms with Gasteiger partial charge in [-0.1, -0.05) is 18.5 Å². The fraction of sp³-hybridized carbons (Fsp3) is 0.241. The average Bonchev–Trinajstić information content (AvgIpc) is 3.56. The Morgan fingerprint density at radius 3 is 2.48 bits per heavy atom. The van der Waals surface area contributed by atoms with Crippen LogP contribution in [-0.4, -0.2) is 26.1 Å². The maximum atomic E-state index is 13.8. The van der Waals surface area contributed by atoms with E-state index in [9.17, 15) is 19.2 Å². The zero-order chi connectivity index (χ0) is 28.7. The average molecular weight is 564 g/mol. The van der Waals surface area contributed by atoms with Gasteiger partial charge in [0, 0.05) is 16.7 Å². The minimum Gasteiger partial charge on any atom is -0.497 e. The van der Waals surface area contributed by atoms with Crippen molar-refractivity contribution in [3.05, 3.63) is 96.1 Å². The highest BCUT2D eigenvalue weighted by atomic mass is 35.5. The number of methoxy groups -OCH3 is 2. The molecule has 1 atom stereocenters. The summed E-state index contributed by atoms with van der Waals surface area (Å²) in [6, 6.07) is 11.2. The molecule has 40 heavy (non-hydrogen) atoms. The summed E-state index contributed by atoms with van der Waals surface area (Å²) in [5.41, 5.74) is 0.248. The Balaban J connectivity index is 1.50. The summed E-state index contributed by atoms with van der Waals surface area (Å²) in [4.78, 5) is 52.8. The van der Waals surface area contributed by atoms with Gasteiger partial charge >= 0.3 is 5.97 Å². The van der Waals surface area contributed by atoms with Crippen molar-refractivity contribution < 1.29 is 23.5 Å². The summed E-state index contributed by atoms with van der Waals surface area (Å²) in [7, 11) is 2.73. The van der Waals surface area contributed by atoms with Gasteiger partial charge in [-0.25, -0.2) is 4.79 Å². The van der Waals surface area contributed by atoms with E-state index in [4.69, 9.17) is 25.5 Å². The number of nitrogens with one attached hydrogen (secondary N) is 2. The predicted molar refractivity (Wildman–Crippen MR) is 151 cm³/mol. The number of hydrogen-bond donors (Lipinski definition) is 2. The lowest BCUT2D eigenvalue weighted by Gasteiger charge is -2.21. The Kier molecular flexibility index (Phi) is 7.12. The highest BCUT2D eigenvalue weighted by Gasteiger charge is 2.36. The van der Waals surface area contributed by atoms with Gasteiger partial charge in [0.25, 0.3) is 16.8 Å². The summed E-state index contributed by atoms with van der Waals surface area (Å²) in [6.45, 7) is 3.81. The van der Waals surface area contributed by atoms with Gasteiger partial charge in [0.2, 0.25) is 0 Å². The van der Waals surface area contributed by atoms with Crippen molar-refractivity contribution in [1.82, 2.24) is 0 Å². The van der Waals surface area contributed by atoms with Crippen LogP contribution >= 0.6 is 11.6 Å². The van der Waals surface area contributed by atoms with Gasteiger partial charge in [0.15, 0.2) is 0 Å². The van der Waals surface area contributed by atoms with Gasteiger partial charge < -0.3 is 29.4 Å². The molecule has 10 nitrogen and oxygen atoms in total. The number of nitrogens with zero attached hydrogens (tertiary/aromatic N) is 1. The Hall–Kier alpha value is -4.57. The molecular formula is C29H26ClN3O7. The molecule has 0 bridgehead atoms. The highest BCUT2D eigenvalue weighted by Crippen LogP contribution is 2.40. The lowest BCUT2D eigenvalue weighted by Crippen LogP contribution is -2.37. The number of amides is 1. The monoisotopic (exact) mass is 563 g/mol. The molecule has 0 saturated carbocycles. The van der Waals surface area contributed by atoms with E-state index in [1.165, 1.54) is 25.2 Å². The second-order valence-corrected chi connectivity index (χ2v) is 9.71. The van der Waals surface area contributed by atoms with Crippen LogP contribution in [0.15, 0.2) is 56.5 Å². The van der Waals surface area contributed by atoms with E-state index in [0.29, 0.717) is 34.2 Å². The fourth-order valence-electron chi connectivity index (χ4n) is 4.80. The molecule has 2 heterocycles. The topological polar surface area (TPSA) is 127 Å². The van der Waals surface area contributed by atoms with Crippen LogP contribution < -0.4 is 31.1 Å². The van der Waals surface area contributed by atoms with Gasteiger partial charge in [-0.05, 0) is 49.7 Å². The third kappa shape index (κ3) is 4.50. The normalized spacial score (nSPS) is 13.3. The van der Waals surface area contributed by atoms with Gasteiger partial charge in [0.1, 0.15) is 28.6 Å². The van der Waals surface area contributed by atoms with Crippen molar-refractivity contribution in [3.63, 3.8) is 0 Å². The second-order valence-electron chi connectivity index (χ2n) is 9.30. The zero-order valence-electron chi connectivity index (χ0n) is 22.2. The van der Waals surface area contributed by atoms with E-state index in [0.717, 1.165) is 5.76 Å². The summed E-state index contributed by atoms with van der Waals surface area (Å²) < 4.78 is 15.9. The molecule has 0 fully saturated rings. The predicted octanol–water partition coefficient (Wildman–Crippen LogP) is 5.10. The second kappa shape index (κ2) is 10.5. The summed E-state index contributed by atoms with van der Waals surface area (Å²) in [5.74, 6) is 0.723. The molecule has 11 heteroatoms. The molecule has 0 saturated heterocycles. The molecule has 4 aromatic rings. The molecule has 1 aliphatic heterocycles. The summed E-state index contributed by atoms with van der Waals surface area (Å²) in [6.07, 6.45) is 0.595. The number of anilines is 4. The molecule has 2 N–H and O–H groups in total. The number of fused-ring (bicyclic) bond motifs is 1. The maximum absolute atomic E-state index is 13.8.